The van der Waals surface area contributed by atoms with Gasteiger partial charge in [-0.15, -0.1) is 11.8 Å². The fraction of sp³-hybridized carbons (Fsp3) is 0.261. The van der Waals surface area contributed by atoms with Gasteiger partial charge in [-0.1, -0.05) is 61.5 Å². The highest BCUT2D eigenvalue weighted by Crippen LogP contribution is 2.22. The number of aryl methyl sites for hydroxylation is 1. The maximum atomic E-state index is 12.0. The minimum atomic E-state index is 0.0465. The molecule has 140 valence electrons. The molecule has 0 saturated carbocycles. The lowest BCUT2D eigenvalue weighted by Crippen LogP contribution is -2.29. The van der Waals surface area contributed by atoms with Crippen molar-refractivity contribution in [3.05, 3.63) is 77.9 Å². The van der Waals surface area contributed by atoms with Gasteiger partial charge in [0.25, 0.3) is 0 Å². The number of fused-ring (bicyclic) bond motifs is 1. The van der Waals surface area contributed by atoms with Crippen molar-refractivity contribution < 1.29 is 9.53 Å². The van der Waals surface area contributed by atoms with Gasteiger partial charge < -0.3 is 10.1 Å². The van der Waals surface area contributed by atoms with Crippen LogP contribution in [0, 0.1) is 0 Å². The molecule has 0 aromatic heterocycles. The smallest absolute Gasteiger partial charge is 0.230 e. The summed E-state index contributed by atoms with van der Waals surface area (Å²) in [4.78, 5) is 12.0. The summed E-state index contributed by atoms with van der Waals surface area (Å²) in [5.41, 5.74) is 2.56. The summed E-state index contributed by atoms with van der Waals surface area (Å²) in [5.74, 6) is 2.17. The van der Waals surface area contributed by atoms with E-state index in [0.29, 0.717) is 18.9 Å². The van der Waals surface area contributed by atoms with Crippen molar-refractivity contribution in [2.45, 2.75) is 19.1 Å². The lowest BCUT2D eigenvalue weighted by atomic mass is 10.1. The zero-order chi connectivity index (χ0) is 18.9. The van der Waals surface area contributed by atoms with Crippen LogP contribution in [-0.4, -0.2) is 24.8 Å². The van der Waals surface area contributed by atoms with Crippen molar-refractivity contribution in [2.24, 2.45) is 0 Å². The fourth-order valence-corrected chi connectivity index (χ4v) is 3.76. The molecule has 0 unspecified atom stereocenters. The number of carbonyl (C=O) groups is 1. The van der Waals surface area contributed by atoms with Crippen LogP contribution < -0.4 is 10.1 Å². The van der Waals surface area contributed by atoms with Crippen molar-refractivity contribution in [3.63, 3.8) is 0 Å². The van der Waals surface area contributed by atoms with Crippen molar-refractivity contribution in [1.82, 2.24) is 5.32 Å². The number of amides is 1. The second-order valence-electron chi connectivity index (χ2n) is 6.33. The maximum absolute atomic E-state index is 12.0. The number of carbonyl (C=O) groups excluding carboxylic acids is 1. The van der Waals surface area contributed by atoms with Gasteiger partial charge in [0.2, 0.25) is 5.91 Å². The minimum absolute atomic E-state index is 0.0465. The third-order valence-corrected chi connectivity index (χ3v) is 5.38. The Labute approximate surface area is 165 Å². The number of thioether (sulfide) groups is 1. The SMILES string of the molecule is CCc1ccc(OCCNC(=O)CSCc2cccc3ccccc23)cc1. The molecule has 0 fully saturated rings. The van der Waals surface area contributed by atoms with Gasteiger partial charge in [-0.3, -0.25) is 4.79 Å². The van der Waals surface area contributed by atoms with E-state index < -0.39 is 0 Å². The van der Waals surface area contributed by atoms with Crippen molar-refractivity contribution >= 4 is 28.4 Å². The summed E-state index contributed by atoms with van der Waals surface area (Å²) in [6, 6.07) is 22.8. The van der Waals surface area contributed by atoms with Gasteiger partial charge in [0.15, 0.2) is 0 Å². The Hall–Kier alpha value is -2.46. The minimum Gasteiger partial charge on any atom is -0.492 e. The fourth-order valence-electron chi connectivity index (χ4n) is 2.90. The molecule has 1 N–H and O–H groups in total. The summed E-state index contributed by atoms with van der Waals surface area (Å²) >= 11 is 1.63. The highest BCUT2D eigenvalue weighted by Gasteiger charge is 2.04. The van der Waals surface area contributed by atoms with E-state index in [1.165, 1.54) is 21.9 Å². The quantitative estimate of drug-likeness (QED) is 0.541. The average Bonchev–Trinajstić information content (AvgIpc) is 2.72. The number of hydrogen-bond acceptors (Lipinski definition) is 3. The molecule has 0 bridgehead atoms. The number of nitrogens with one attached hydrogen (secondary N) is 1. The molecular weight excluding hydrogens is 354 g/mol. The van der Waals surface area contributed by atoms with Gasteiger partial charge in [0.1, 0.15) is 12.4 Å². The standard InChI is InChI=1S/C23H25NO2S/c1-2-18-10-12-21(13-11-18)26-15-14-24-23(25)17-27-16-20-8-5-7-19-6-3-4-9-22(19)20/h3-13H,2,14-17H2,1H3,(H,24,25). The van der Waals surface area contributed by atoms with Gasteiger partial charge in [-0.05, 0) is 40.5 Å². The van der Waals surface area contributed by atoms with Crippen LogP contribution in [0.1, 0.15) is 18.1 Å². The van der Waals surface area contributed by atoms with Crippen LogP contribution >= 0.6 is 11.8 Å². The van der Waals surface area contributed by atoms with E-state index >= 15 is 0 Å². The van der Waals surface area contributed by atoms with Gasteiger partial charge >= 0.3 is 0 Å². The summed E-state index contributed by atoms with van der Waals surface area (Å²) in [6.45, 7) is 3.12. The molecule has 0 aliphatic rings. The molecule has 4 heteroatoms. The summed E-state index contributed by atoms with van der Waals surface area (Å²) < 4.78 is 5.66. The molecule has 3 rings (SSSR count). The van der Waals surface area contributed by atoms with Crippen LogP contribution in [0.3, 0.4) is 0 Å². The third kappa shape index (κ3) is 5.76. The van der Waals surface area contributed by atoms with Gasteiger partial charge in [-0.2, -0.15) is 0 Å². The van der Waals surface area contributed by atoms with E-state index in [4.69, 9.17) is 4.74 Å². The van der Waals surface area contributed by atoms with E-state index in [-0.39, 0.29) is 5.91 Å². The molecule has 0 spiro atoms. The van der Waals surface area contributed by atoms with E-state index in [9.17, 15) is 4.79 Å². The lowest BCUT2D eigenvalue weighted by Gasteiger charge is -2.09. The zero-order valence-corrected chi connectivity index (χ0v) is 16.4. The van der Waals surface area contributed by atoms with Crippen LogP contribution in [0.25, 0.3) is 10.8 Å². The summed E-state index contributed by atoms with van der Waals surface area (Å²) in [7, 11) is 0. The second kappa shape index (κ2) is 10.0. The van der Waals surface area contributed by atoms with Crippen LogP contribution in [0.2, 0.25) is 0 Å². The largest absolute Gasteiger partial charge is 0.492 e. The van der Waals surface area contributed by atoms with Gasteiger partial charge in [0, 0.05) is 5.75 Å². The third-order valence-electron chi connectivity index (χ3n) is 4.40. The highest BCUT2D eigenvalue weighted by molar-refractivity contribution is 7.99. The molecule has 0 aliphatic heterocycles. The Kier molecular flexibility index (Phi) is 7.17. The Morgan fingerprint density at radius 1 is 1.00 bits per heavy atom. The first-order valence-corrected chi connectivity index (χ1v) is 10.4. The molecule has 0 heterocycles. The van der Waals surface area contributed by atoms with Crippen LogP contribution in [-0.2, 0) is 17.0 Å². The van der Waals surface area contributed by atoms with Gasteiger partial charge in [0.05, 0.1) is 12.3 Å². The van der Waals surface area contributed by atoms with E-state index in [1.807, 2.05) is 18.2 Å². The Morgan fingerprint density at radius 2 is 1.78 bits per heavy atom. The summed E-state index contributed by atoms with van der Waals surface area (Å²) in [6.07, 6.45) is 1.02. The van der Waals surface area contributed by atoms with E-state index in [2.05, 4.69) is 60.8 Å². The predicted octanol–water partition coefficient (Wildman–Crippen LogP) is 4.83. The molecule has 3 nitrogen and oxygen atoms in total. The summed E-state index contributed by atoms with van der Waals surface area (Å²) in [5, 5.41) is 5.41. The normalized spacial score (nSPS) is 10.7. The lowest BCUT2D eigenvalue weighted by molar-refractivity contribution is -0.118. The number of rotatable bonds is 9. The maximum Gasteiger partial charge on any atom is 0.230 e. The van der Waals surface area contributed by atoms with Crippen LogP contribution in [0.5, 0.6) is 5.75 Å². The molecule has 27 heavy (non-hydrogen) atoms. The monoisotopic (exact) mass is 379 g/mol. The van der Waals surface area contributed by atoms with Crippen molar-refractivity contribution in [2.75, 3.05) is 18.9 Å². The molecular formula is C23H25NO2S. The molecule has 0 aliphatic carbocycles. The molecule has 0 atom stereocenters. The number of benzene rings is 3. The second-order valence-corrected chi connectivity index (χ2v) is 7.31. The van der Waals surface area contributed by atoms with Crippen molar-refractivity contribution in [1.29, 1.82) is 0 Å². The van der Waals surface area contributed by atoms with Gasteiger partial charge in [-0.25, -0.2) is 0 Å². The first-order valence-electron chi connectivity index (χ1n) is 9.29. The molecule has 3 aromatic carbocycles. The molecule has 0 saturated heterocycles. The zero-order valence-electron chi connectivity index (χ0n) is 15.6. The molecule has 0 radical (unpaired) electrons. The van der Waals surface area contributed by atoms with E-state index in [0.717, 1.165) is 17.9 Å². The Balaban J connectivity index is 1.36. The first kappa shape index (κ1) is 19.3. The van der Waals surface area contributed by atoms with E-state index in [1.54, 1.807) is 11.8 Å². The van der Waals surface area contributed by atoms with Crippen LogP contribution in [0.15, 0.2) is 66.7 Å². The topological polar surface area (TPSA) is 38.3 Å². The van der Waals surface area contributed by atoms with Crippen LogP contribution in [0.4, 0.5) is 0 Å². The van der Waals surface area contributed by atoms with Crippen molar-refractivity contribution in [3.8, 4) is 5.75 Å². The predicted molar refractivity (Wildman–Crippen MR) is 114 cm³/mol. The highest BCUT2D eigenvalue weighted by atomic mass is 32.2. The number of hydrogen-bond donors (Lipinski definition) is 1. The average molecular weight is 380 g/mol. The molecule has 1 amide bonds. The number of ether oxygens (including phenoxy) is 1. The molecule has 3 aromatic rings. The Bertz CT molecular complexity index is 872. The Morgan fingerprint density at radius 3 is 2.59 bits per heavy atom. The first-order chi connectivity index (χ1) is 13.3.